The second kappa shape index (κ2) is 6.38. The lowest BCUT2D eigenvalue weighted by Crippen LogP contribution is -2.41. The second-order valence-electron chi connectivity index (χ2n) is 4.55. The van der Waals surface area contributed by atoms with Crippen LogP contribution in [0.3, 0.4) is 0 Å². The van der Waals surface area contributed by atoms with Gasteiger partial charge in [-0.3, -0.25) is 9.59 Å². The van der Waals surface area contributed by atoms with Crippen molar-refractivity contribution in [2.75, 3.05) is 33.4 Å². The van der Waals surface area contributed by atoms with E-state index in [0.29, 0.717) is 12.4 Å². The predicted octanol–water partition coefficient (Wildman–Crippen LogP) is 0.722. The van der Waals surface area contributed by atoms with Gasteiger partial charge in [0, 0.05) is 19.2 Å². The Morgan fingerprint density at radius 1 is 1.45 bits per heavy atom. The molecule has 1 aliphatic rings. The fraction of sp³-hybridized carbons (Fsp3) is 0.429. The highest BCUT2D eigenvalue weighted by molar-refractivity contribution is 5.88. The van der Waals surface area contributed by atoms with Gasteiger partial charge in [-0.25, -0.2) is 0 Å². The van der Waals surface area contributed by atoms with Crippen molar-refractivity contribution in [3.05, 3.63) is 29.8 Å². The molecular formula is C14H17NO5. The number of carboxylic acid groups (broad SMARTS) is 1. The first-order valence-electron chi connectivity index (χ1n) is 6.34. The minimum Gasteiger partial charge on any atom is -0.492 e. The average molecular weight is 279 g/mol. The van der Waals surface area contributed by atoms with E-state index in [2.05, 4.69) is 0 Å². The molecule has 1 N–H and O–H groups in total. The number of amides is 1. The summed E-state index contributed by atoms with van der Waals surface area (Å²) < 4.78 is 10.4. The van der Waals surface area contributed by atoms with Crippen molar-refractivity contribution in [2.24, 2.45) is 0 Å². The summed E-state index contributed by atoms with van der Waals surface area (Å²) in [6.45, 7) is 0.469. The molecule has 1 aromatic rings. The quantitative estimate of drug-likeness (QED) is 0.830. The molecule has 0 saturated carbocycles. The first-order chi connectivity index (χ1) is 9.63. The molecule has 20 heavy (non-hydrogen) atoms. The lowest BCUT2D eigenvalue weighted by Gasteiger charge is -2.23. The standard InChI is InChI=1S/C14H17NO5/c1-19-7-6-15(8-13(16)17)14(18)11-9-20-12-5-3-2-4-10(11)12/h2-5,11H,6-9H2,1H3,(H,16,17)/t11-/m0/s1. The van der Waals surface area contributed by atoms with Crippen LogP contribution >= 0.6 is 0 Å². The monoisotopic (exact) mass is 279 g/mol. The molecule has 0 aromatic heterocycles. The minimum absolute atomic E-state index is 0.241. The number of aliphatic carboxylic acids is 1. The van der Waals surface area contributed by atoms with Crippen LogP contribution in [0.5, 0.6) is 5.75 Å². The van der Waals surface area contributed by atoms with Crippen molar-refractivity contribution in [2.45, 2.75) is 5.92 Å². The SMILES string of the molecule is COCCN(CC(=O)O)C(=O)[C@H]1COc2ccccc21. The van der Waals surface area contributed by atoms with Gasteiger partial charge in [-0.1, -0.05) is 18.2 Å². The van der Waals surface area contributed by atoms with Gasteiger partial charge in [-0.05, 0) is 6.07 Å². The van der Waals surface area contributed by atoms with Crippen LogP contribution in [0.15, 0.2) is 24.3 Å². The Hall–Kier alpha value is -2.08. The first-order valence-corrected chi connectivity index (χ1v) is 6.34. The lowest BCUT2D eigenvalue weighted by molar-refractivity contribution is -0.145. The van der Waals surface area contributed by atoms with Crippen LogP contribution in [0, 0.1) is 0 Å². The van der Waals surface area contributed by atoms with E-state index >= 15 is 0 Å². The Morgan fingerprint density at radius 3 is 2.90 bits per heavy atom. The molecule has 6 heteroatoms. The predicted molar refractivity (Wildman–Crippen MR) is 70.8 cm³/mol. The van der Waals surface area contributed by atoms with Gasteiger partial charge in [0.25, 0.3) is 0 Å². The van der Waals surface area contributed by atoms with Gasteiger partial charge in [-0.2, -0.15) is 0 Å². The number of carboxylic acids is 1. The zero-order valence-electron chi connectivity index (χ0n) is 11.2. The van der Waals surface area contributed by atoms with Crippen molar-refractivity contribution in [1.29, 1.82) is 0 Å². The van der Waals surface area contributed by atoms with E-state index in [0.717, 1.165) is 5.56 Å². The van der Waals surface area contributed by atoms with Crippen molar-refractivity contribution in [1.82, 2.24) is 4.90 Å². The summed E-state index contributed by atoms with van der Waals surface area (Å²) in [5.74, 6) is -1.04. The highest BCUT2D eigenvalue weighted by Crippen LogP contribution is 2.34. The Bertz CT molecular complexity index is 502. The minimum atomic E-state index is -1.04. The van der Waals surface area contributed by atoms with E-state index in [4.69, 9.17) is 14.6 Å². The van der Waals surface area contributed by atoms with Gasteiger partial charge < -0.3 is 19.5 Å². The average Bonchev–Trinajstić information content (AvgIpc) is 2.86. The first kappa shape index (κ1) is 14.3. The van der Waals surface area contributed by atoms with Gasteiger partial charge in [0.2, 0.25) is 5.91 Å². The fourth-order valence-electron chi connectivity index (χ4n) is 2.22. The lowest BCUT2D eigenvalue weighted by atomic mass is 10.00. The molecule has 1 aliphatic heterocycles. The Morgan fingerprint density at radius 2 is 2.20 bits per heavy atom. The van der Waals surface area contributed by atoms with Gasteiger partial charge in [0.1, 0.15) is 24.8 Å². The van der Waals surface area contributed by atoms with Crippen LogP contribution in [0.2, 0.25) is 0 Å². The van der Waals surface area contributed by atoms with E-state index in [9.17, 15) is 9.59 Å². The van der Waals surface area contributed by atoms with Crippen LogP contribution in [0.25, 0.3) is 0 Å². The molecule has 0 spiro atoms. The highest BCUT2D eigenvalue weighted by Gasteiger charge is 2.33. The third-order valence-corrected chi connectivity index (χ3v) is 3.20. The van der Waals surface area contributed by atoms with Gasteiger partial charge >= 0.3 is 5.97 Å². The topological polar surface area (TPSA) is 76.1 Å². The molecule has 0 fully saturated rings. The van der Waals surface area contributed by atoms with Crippen molar-refractivity contribution in [3.63, 3.8) is 0 Å². The molecule has 1 atom stereocenters. The molecule has 1 heterocycles. The smallest absolute Gasteiger partial charge is 0.323 e. The summed E-state index contributed by atoms with van der Waals surface area (Å²) in [4.78, 5) is 24.6. The summed E-state index contributed by atoms with van der Waals surface area (Å²) >= 11 is 0. The molecule has 0 saturated heterocycles. The van der Waals surface area contributed by atoms with Crippen LogP contribution < -0.4 is 4.74 Å². The third-order valence-electron chi connectivity index (χ3n) is 3.20. The molecule has 6 nitrogen and oxygen atoms in total. The number of nitrogens with zero attached hydrogens (tertiary/aromatic N) is 1. The number of carbonyl (C=O) groups is 2. The number of rotatable bonds is 6. The zero-order chi connectivity index (χ0) is 14.5. The molecule has 0 aliphatic carbocycles. The molecule has 1 aromatic carbocycles. The molecule has 0 unspecified atom stereocenters. The number of para-hydroxylation sites is 1. The maximum atomic E-state index is 12.5. The number of benzene rings is 1. The summed E-state index contributed by atoms with van der Waals surface area (Å²) in [6, 6.07) is 7.32. The summed E-state index contributed by atoms with van der Waals surface area (Å²) in [6.07, 6.45) is 0. The van der Waals surface area contributed by atoms with Crippen molar-refractivity contribution >= 4 is 11.9 Å². The Balaban J connectivity index is 2.13. The van der Waals surface area contributed by atoms with Crippen molar-refractivity contribution < 1.29 is 24.2 Å². The maximum absolute atomic E-state index is 12.5. The number of hydrogen-bond donors (Lipinski definition) is 1. The van der Waals surface area contributed by atoms with E-state index in [1.165, 1.54) is 12.0 Å². The number of carbonyl (C=O) groups excluding carboxylic acids is 1. The highest BCUT2D eigenvalue weighted by atomic mass is 16.5. The largest absolute Gasteiger partial charge is 0.492 e. The summed E-state index contributed by atoms with van der Waals surface area (Å²) in [5.41, 5.74) is 0.810. The second-order valence-corrected chi connectivity index (χ2v) is 4.55. The third kappa shape index (κ3) is 3.08. The Labute approximate surface area is 116 Å². The number of hydrogen-bond acceptors (Lipinski definition) is 4. The van der Waals surface area contributed by atoms with Gasteiger partial charge in [-0.15, -0.1) is 0 Å². The van der Waals surface area contributed by atoms with Crippen LogP contribution in [-0.4, -0.2) is 55.3 Å². The summed E-state index contributed by atoms with van der Waals surface area (Å²) in [5, 5.41) is 8.90. The summed E-state index contributed by atoms with van der Waals surface area (Å²) in [7, 11) is 1.51. The Kier molecular flexibility index (Phi) is 4.57. The van der Waals surface area contributed by atoms with Crippen LogP contribution in [0.1, 0.15) is 11.5 Å². The normalized spacial score (nSPS) is 16.4. The number of methoxy groups -OCH3 is 1. The molecule has 2 rings (SSSR count). The molecule has 1 amide bonds. The fourth-order valence-corrected chi connectivity index (χ4v) is 2.22. The van der Waals surface area contributed by atoms with Crippen LogP contribution in [-0.2, 0) is 14.3 Å². The zero-order valence-corrected chi connectivity index (χ0v) is 11.2. The van der Waals surface area contributed by atoms with E-state index in [1.807, 2.05) is 18.2 Å². The van der Waals surface area contributed by atoms with Crippen molar-refractivity contribution in [3.8, 4) is 5.75 Å². The van der Waals surface area contributed by atoms with E-state index in [-0.39, 0.29) is 25.6 Å². The number of fused-ring (bicyclic) bond motifs is 1. The van der Waals surface area contributed by atoms with Gasteiger partial charge in [0.05, 0.1) is 6.61 Å². The number of ether oxygens (including phenoxy) is 2. The molecule has 108 valence electrons. The van der Waals surface area contributed by atoms with E-state index in [1.54, 1.807) is 6.07 Å². The molecule has 0 radical (unpaired) electrons. The van der Waals surface area contributed by atoms with E-state index < -0.39 is 11.9 Å². The maximum Gasteiger partial charge on any atom is 0.323 e. The van der Waals surface area contributed by atoms with Crippen LogP contribution in [0.4, 0.5) is 0 Å². The molecule has 0 bridgehead atoms. The van der Waals surface area contributed by atoms with Gasteiger partial charge in [0.15, 0.2) is 0 Å². The molecular weight excluding hydrogens is 262 g/mol.